The van der Waals surface area contributed by atoms with Gasteiger partial charge in [-0.25, -0.2) is 4.57 Å². The highest BCUT2D eigenvalue weighted by molar-refractivity contribution is 6.91. The number of hydrogen-bond donors (Lipinski definition) is 0. The largest absolute Gasteiger partial charge is 0.307 e. The molecule has 0 fully saturated rings. The molecule has 3 aromatic heterocycles. The van der Waals surface area contributed by atoms with E-state index in [0.29, 0.717) is 0 Å². The van der Waals surface area contributed by atoms with Crippen molar-refractivity contribution in [1.29, 1.82) is 0 Å². The van der Waals surface area contributed by atoms with Crippen LogP contribution in [0.25, 0.3) is 49.0 Å². The lowest BCUT2D eigenvalue weighted by molar-refractivity contribution is -0.643. The van der Waals surface area contributed by atoms with E-state index in [4.69, 9.17) is 0 Å². The molecule has 0 atom stereocenters. The first-order valence-electron chi connectivity index (χ1n) is 11.6. The van der Waals surface area contributed by atoms with E-state index in [1.165, 1.54) is 71.3 Å². The van der Waals surface area contributed by atoms with Crippen molar-refractivity contribution in [2.75, 3.05) is 0 Å². The summed E-state index contributed by atoms with van der Waals surface area (Å²) in [6.07, 6.45) is 2.25. The first kappa shape index (κ1) is 19.7. The van der Waals surface area contributed by atoms with Crippen molar-refractivity contribution in [2.45, 2.75) is 47.3 Å². The summed E-state index contributed by atoms with van der Waals surface area (Å²) in [5.74, 6) is 0. The fourth-order valence-corrected chi connectivity index (χ4v) is 7.54. The van der Waals surface area contributed by atoms with E-state index in [1.807, 2.05) is 0 Å². The second kappa shape index (κ2) is 6.11. The number of pyridine rings is 2. The van der Waals surface area contributed by atoms with Crippen LogP contribution >= 0.6 is 0 Å². The van der Waals surface area contributed by atoms with E-state index < -0.39 is 8.07 Å². The van der Waals surface area contributed by atoms with Crippen LogP contribution < -0.4 is 9.75 Å². The maximum Gasteiger partial charge on any atom is 0.224 e. The standard InChI is InChI=1S/C29H31N2Si/c1-16-9-10-21-22(13-16)31-27-18(3)14-17(2)19(4)24(27)28-25-20(11-12-30(28)5)15-23(32(6,7)8)26(21)29(25)31/h9-15H,1-8H3/q+1. The van der Waals surface area contributed by atoms with E-state index in [-0.39, 0.29) is 0 Å². The fraction of sp³-hybridized carbons (Fsp3) is 0.276. The van der Waals surface area contributed by atoms with Crippen LogP contribution in [-0.4, -0.2) is 12.5 Å². The van der Waals surface area contributed by atoms with Crippen molar-refractivity contribution in [3.63, 3.8) is 0 Å². The third kappa shape index (κ3) is 2.32. The van der Waals surface area contributed by atoms with Crippen LogP contribution in [0.15, 0.2) is 42.6 Å². The molecule has 32 heavy (non-hydrogen) atoms. The van der Waals surface area contributed by atoms with Gasteiger partial charge in [0.05, 0.1) is 35.4 Å². The maximum atomic E-state index is 2.60. The summed E-state index contributed by atoms with van der Waals surface area (Å²) >= 11 is 0. The molecule has 3 heteroatoms. The van der Waals surface area contributed by atoms with Gasteiger partial charge in [-0.15, -0.1) is 0 Å². The van der Waals surface area contributed by atoms with Crippen LogP contribution in [0.2, 0.25) is 19.6 Å². The molecule has 2 nitrogen and oxygen atoms in total. The van der Waals surface area contributed by atoms with Gasteiger partial charge in [0, 0.05) is 16.8 Å². The van der Waals surface area contributed by atoms with Crippen LogP contribution in [0.4, 0.5) is 0 Å². The number of aromatic nitrogens is 2. The van der Waals surface area contributed by atoms with Gasteiger partial charge in [0.2, 0.25) is 5.52 Å². The molecule has 0 aliphatic rings. The molecular formula is C29H31N2Si+. The predicted molar refractivity (Wildman–Crippen MR) is 142 cm³/mol. The summed E-state index contributed by atoms with van der Waals surface area (Å²) in [5.41, 5.74) is 10.9. The molecule has 0 aliphatic carbocycles. The number of nitrogens with zero attached hydrogens (tertiary/aromatic N) is 2. The van der Waals surface area contributed by atoms with Crippen molar-refractivity contribution in [3.8, 4) is 0 Å². The number of rotatable bonds is 1. The molecule has 6 aromatic rings. The molecule has 160 valence electrons. The zero-order chi connectivity index (χ0) is 22.7. The Labute approximate surface area is 190 Å². The molecular weight excluding hydrogens is 404 g/mol. The van der Waals surface area contributed by atoms with E-state index >= 15 is 0 Å². The lowest BCUT2D eigenvalue weighted by Gasteiger charge is -2.21. The third-order valence-electron chi connectivity index (χ3n) is 7.56. The minimum absolute atomic E-state index is 1.31. The van der Waals surface area contributed by atoms with E-state index in [0.717, 1.165) is 0 Å². The molecule has 0 aliphatic heterocycles. The minimum atomic E-state index is -1.58. The van der Waals surface area contributed by atoms with Gasteiger partial charge in [-0.3, -0.25) is 0 Å². The average Bonchev–Trinajstić information content (AvgIpc) is 3.05. The molecule has 0 saturated carbocycles. The van der Waals surface area contributed by atoms with Crippen molar-refractivity contribution in [2.24, 2.45) is 7.05 Å². The summed E-state index contributed by atoms with van der Waals surface area (Å²) in [6.45, 7) is 16.5. The van der Waals surface area contributed by atoms with Gasteiger partial charge in [0.15, 0.2) is 6.20 Å². The minimum Gasteiger partial charge on any atom is -0.307 e. The van der Waals surface area contributed by atoms with Crippen LogP contribution in [0.1, 0.15) is 22.3 Å². The molecule has 0 radical (unpaired) electrons. The van der Waals surface area contributed by atoms with Crippen LogP contribution in [-0.2, 0) is 7.05 Å². The highest BCUT2D eigenvalue weighted by Gasteiger charge is 2.30. The molecule has 6 rings (SSSR count). The summed E-state index contributed by atoms with van der Waals surface area (Å²) in [5, 5.41) is 8.60. The van der Waals surface area contributed by atoms with Crippen LogP contribution in [0, 0.1) is 27.7 Å². The maximum absolute atomic E-state index is 2.60. The Morgan fingerprint density at radius 3 is 2.25 bits per heavy atom. The molecule has 0 bridgehead atoms. The van der Waals surface area contributed by atoms with Crippen LogP contribution in [0.5, 0.6) is 0 Å². The van der Waals surface area contributed by atoms with Gasteiger partial charge >= 0.3 is 0 Å². The Bertz CT molecular complexity index is 1750. The molecule has 3 heterocycles. The number of benzene rings is 3. The Morgan fingerprint density at radius 2 is 1.53 bits per heavy atom. The first-order chi connectivity index (χ1) is 15.1. The second-order valence-corrected chi connectivity index (χ2v) is 15.9. The molecule has 0 amide bonds. The highest BCUT2D eigenvalue weighted by Crippen LogP contribution is 2.42. The van der Waals surface area contributed by atoms with Gasteiger partial charge in [-0.05, 0) is 66.6 Å². The molecule has 0 unspecified atom stereocenters. The summed E-state index contributed by atoms with van der Waals surface area (Å²) in [6, 6.07) is 14.2. The number of aryl methyl sites for hydroxylation is 5. The van der Waals surface area contributed by atoms with Gasteiger partial charge < -0.3 is 4.40 Å². The van der Waals surface area contributed by atoms with Gasteiger partial charge in [-0.2, -0.15) is 0 Å². The first-order valence-corrected chi connectivity index (χ1v) is 15.1. The summed E-state index contributed by atoms with van der Waals surface area (Å²) in [7, 11) is 0.620. The third-order valence-corrected chi connectivity index (χ3v) is 9.57. The van der Waals surface area contributed by atoms with E-state index in [2.05, 4.69) is 106 Å². The Balaban J connectivity index is 2.15. The zero-order valence-corrected chi connectivity index (χ0v) is 21.4. The Hall–Kier alpha value is -2.91. The molecule has 0 spiro atoms. The van der Waals surface area contributed by atoms with Gasteiger partial charge in [-0.1, -0.05) is 43.9 Å². The van der Waals surface area contributed by atoms with Gasteiger partial charge in [0.1, 0.15) is 7.05 Å². The van der Waals surface area contributed by atoms with Crippen LogP contribution in [0.3, 0.4) is 0 Å². The van der Waals surface area contributed by atoms with Gasteiger partial charge in [0.25, 0.3) is 0 Å². The Kier molecular flexibility index (Phi) is 3.77. The lowest BCUT2D eigenvalue weighted by Crippen LogP contribution is -2.38. The van der Waals surface area contributed by atoms with Crippen molar-refractivity contribution < 1.29 is 4.57 Å². The van der Waals surface area contributed by atoms with Crippen molar-refractivity contribution in [1.82, 2.24) is 4.40 Å². The SMILES string of the molecule is Cc1ccc2c3c([Si](C)(C)C)cc4cc[n+](C)c5c6c(C)c(C)cc(C)c6n(c2c1)c3c45. The average molecular weight is 436 g/mol. The molecule has 3 aromatic carbocycles. The van der Waals surface area contributed by atoms with Crippen molar-refractivity contribution in [3.05, 3.63) is 64.8 Å². The summed E-state index contributed by atoms with van der Waals surface area (Å²) in [4.78, 5) is 0. The fourth-order valence-electron chi connectivity index (χ4n) is 5.94. The smallest absolute Gasteiger partial charge is 0.224 e. The topological polar surface area (TPSA) is 8.29 Å². The summed E-state index contributed by atoms with van der Waals surface area (Å²) < 4.78 is 4.95. The van der Waals surface area contributed by atoms with E-state index in [9.17, 15) is 0 Å². The highest BCUT2D eigenvalue weighted by atomic mass is 28.3. The number of fused-ring (bicyclic) bond motifs is 6. The van der Waals surface area contributed by atoms with E-state index in [1.54, 1.807) is 5.19 Å². The Morgan fingerprint density at radius 1 is 0.781 bits per heavy atom. The normalized spacial score (nSPS) is 13.0. The second-order valence-electron chi connectivity index (χ2n) is 10.9. The monoisotopic (exact) mass is 435 g/mol. The molecule has 0 saturated heterocycles. The quantitative estimate of drug-likeness (QED) is 0.119. The van der Waals surface area contributed by atoms with Crippen molar-refractivity contribution >= 4 is 62.3 Å². The number of hydrogen-bond acceptors (Lipinski definition) is 0. The lowest BCUT2D eigenvalue weighted by atomic mass is 9.95. The molecule has 0 N–H and O–H groups in total. The predicted octanol–water partition coefficient (Wildman–Crippen LogP) is 6.59. The zero-order valence-electron chi connectivity index (χ0n) is 20.4.